The van der Waals surface area contributed by atoms with E-state index in [0.29, 0.717) is 0 Å². The summed E-state index contributed by atoms with van der Waals surface area (Å²) in [6.07, 6.45) is 1.29. The lowest BCUT2D eigenvalue weighted by atomic mass is 9.94. The van der Waals surface area contributed by atoms with Gasteiger partial charge >= 0.3 is 11.9 Å². The molecule has 108 valence electrons. The van der Waals surface area contributed by atoms with Gasteiger partial charge in [-0.15, -0.1) is 11.8 Å². The minimum absolute atomic E-state index is 0.0269. The number of carboxylic acids is 1. The molecule has 0 aromatic heterocycles. The Morgan fingerprint density at radius 1 is 1.35 bits per heavy atom. The number of hydrogen-bond donors (Lipinski definition) is 1. The molecule has 1 aliphatic heterocycles. The molecule has 1 aliphatic rings. The van der Waals surface area contributed by atoms with Gasteiger partial charge in [0.25, 0.3) is 0 Å². The summed E-state index contributed by atoms with van der Waals surface area (Å²) in [7, 11) is 0. The summed E-state index contributed by atoms with van der Waals surface area (Å²) in [4.78, 5) is 24.0. The fourth-order valence-corrected chi connectivity index (χ4v) is 3.66. The predicted molar refractivity (Wildman–Crippen MR) is 76.6 cm³/mol. The number of cyclic esters (lactones) is 1. The molecule has 0 radical (unpaired) electrons. The summed E-state index contributed by atoms with van der Waals surface area (Å²) >= 11 is 1.40. The maximum Gasteiger partial charge on any atom is 0.320 e. The minimum atomic E-state index is -0.881. The molecule has 0 spiro atoms. The molecule has 1 N–H and O–H groups in total. The fraction of sp³-hybridized carbons (Fsp3) is 0.467. The molecule has 0 saturated carbocycles. The molecule has 0 amide bonds. The molecule has 1 saturated heterocycles. The standard InChI is InChI=1S/C15H18O4S/c1-2-6-12-11(9-13(16)17)14(15(18)19-12)20-10-7-4-3-5-8-10/h3-5,7-8,11-12,14H,2,6,9H2,1H3,(H,16,17)/t11-,12-,14+/m1/s1. The van der Waals surface area contributed by atoms with Crippen LogP contribution in [0.15, 0.2) is 35.2 Å². The topological polar surface area (TPSA) is 63.6 Å². The molecule has 5 heteroatoms. The first kappa shape index (κ1) is 14.9. The molecule has 1 fully saturated rings. The Balaban J connectivity index is 2.15. The summed E-state index contributed by atoms with van der Waals surface area (Å²) in [5, 5.41) is 8.63. The number of thioether (sulfide) groups is 1. The van der Waals surface area contributed by atoms with Crippen LogP contribution in [-0.2, 0) is 14.3 Å². The zero-order valence-corrected chi connectivity index (χ0v) is 12.1. The Morgan fingerprint density at radius 2 is 2.05 bits per heavy atom. The van der Waals surface area contributed by atoms with Gasteiger partial charge in [0.15, 0.2) is 0 Å². The van der Waals surface area contributed by atoms with Gasteiger partial charge in [-0.2, -0.15) is 0 Å². The highest BCUT2D eigenvalue weighted by Crippen LogP contribution is 2.39. The lowest BCUT2D eigenvalue weighted by Crippen LogP contribution is -2.25. The van der Waals surface area contributed by atoms with Crippen molar-refractivity contribution in [3.05, 3.63) is 30.3 Å². The highest BCUT2D eigenvalue weighted by molar-refractivity contribution is 8.00. The van der Waals surface area contributed by atoms with Gasteiger partial charge in [0.1, 0.15) is 11.4 Å². The van der Waals surface area contributed by atoms with E-state index < -0.39 is 11.2 Å². The molecular formula is C15H18O4S. The molecule has 1 aromatic rings. The summed E-state index contributed by atoms with van der Waals surface area (Å²) in [6.45, 7) is 2.00. The SMILES string of the molecule is CCC[C@H]1OC(=O)[C@@H](Sc2ccccc2)[C@@H]1CC(=O)O. The zero-order chi connectivity index (χ0) is 14.5. The lowest BCUT2D eigenvalue weighted by molar-refractivity contribution is -0.142. The van der Waals surface area contributed by atoms with E-state index in [1.165, 1.54) is 11.8 Å². The van der Waals surface area contributed by atoms with Crippen molar-refractivity contribution in [2.24, 2.45) is 5.92 Å². The van der Waals surface area contributed by atoms with Gasteiger partial charge in [0.2, 0.25) is 0 Å². The van der Waals surface area contributed by atoms with Crippen LogP contribution < -0.4 is 0 Å². The van der Waals surface area contributed by atoms with E-state index in [2.05, 4.69) is 0 Å². The van der Waals surface area contributed by atoms with E-state index in [0.717, 1.165) is 17.7 Å². The molecule has 0 aliphatic carbocycles. The lowest BCUT2D eigenvalue weighted by Gasteiger charge is -2.18. The number of ether oxygens (including phenoxy) is 1. The van der Waals surface area contributed by atoms with Crippen molar-refractivity contribution in [1.82, 2.24) is 0 Å². The maximum atomic E-state index is 12.0. The summed E-state index contributed by atoms with van der Waals surface area (Å²) < 4.78 is 5.38. The second-order valence-corrected chi connectivity index (χ2v) is 6.09. The van der Waals surface area contributed by atoms with Crippen molar-refractivity contribution >= 4 is 23.7 Å². The van der Waals surface area contributed by atoms with Gasteiger partial charge in [-0.1, -0.05) is 31.5 Å². The fourth-order valence-electron chi connectivity index (χ4n) is 2.45. The van der Waals surface area contributed by atoms with Gasteiger partial charge in [0, 0.05) is 10.8 Å². The van der Waals surface area contributed by atoms with Crippen LogP contribution in [0.5, 0.6) is 0 Å². The van der Waals surface area contributed by atoms with Crippen LogP contribution in [0.1, 0.15) is 26.2 Å². The number of aliphatic carboxylic acids is 1. The van der Waals surface area contributed by atoms with Gasteiger partial charge in [-0.05, 0) is 18.6 Å². The third kappa shape index (κ3) is 3.54. The van der Waals surface area contributed by atoms with Gasteiger partial charge in [0.05, 0.1) is 6.42 Å². The summed E-state index contributed by atoms with van der Waals surface area (Å²) in [5.74, 6) is -1.43. The highest BCUT2D eigenvalue weighted by atomic mass is 32.2. The number of carboxylic acid groups (broad SMARTS) is 1. The third-order valence-corrected chi connectivity index (χ3v) is 4.70. The van der Waals surface area contributed by atoms with E-state index in [1.54, 1.807) is 0 Å². The van der Waals surface area contributed by atoms with Crippen LogP contribution in [0.2, 0.25) is 0 Å². The molecule has 3 atom stereocenters. The van der Waals surface area contributed by atoms with Crippen LogP contribution in [0, 0.1) is 5.92 Å². The minimum Gasteiger partial charge on any atom is -0.481 e. The smallest absolute Gasteiger partial charge is 0.320 e. The molecule has 2 rings (SSSR count). The summed E-state index contributed by atoms with van der Waals surface area (Å²) in [5.41, 5.74) is 0. The normalized spacial score (nSPS) is 25.4. The van der Waals surface area contributed by atoms with Gasteiger partial charge < -0.3 is 9.84 Å². The number of rotatable bonds is 6. The third-order valence-electron chi connectivity index (χ3n) is 3.36. The molecule has 1 aromatic carbocycles. The number of hydrogen-bond acceptors (Lipinski definition) is 4. The van der Waals surface area contributed by atoms with E-state index in [1.807, 2.05) is 37.3 Å². The number of esters is 1. The maximum absolute atomic E-state index is 12.0. The second kappa shape index (κ2) is 6.79. The van der Waals surface area contributed by atoms with E-state index in [4.69, 9.17) is 9.84 Å². The first-order valence-electron chi connectivity index (χ1n) is 6.75. The van der Waals surface area contributed by atoms with Crippen molar-refractivity contribution in [2.75, 3.05) is 0 Å². The molecule has 0 bridgehead atoms. The zero-order valence-electron chi connectivity index (χ0n) is 11.3. The quantitative estimate of drug-likeness (QED) is 0.817. The molecule has 0 unspecified atom stereocenters. The van der Waals surface area contributed by atoms with E-state index >= 15 is 0 Å². The molecule has 4 nitrogen and oxygen atoms in total. The van der Waals surface area contributed by atoms with Crippen molar-refractivity contribution in [2.45, 2.75) is 42.4 Å². The first-order valence-corrected chi connectivity index (χ1v) is 7.63. The second-order valence-electron chi connectivity index (χ2n) is 4.88. The Hall–Kier alpha value is -1.49. The number of carbonyl (C=O) groups is 2. The van der Waals surface area contributed by atoms with Crippen molar-refractivity contribution in [3.8, 4) is 0 Å². The van der Waals surface area contributed by atoms with Crippen LogP contribution in [0.3, 0.4) is 0 Å². The van der Waals surface area contributed by atoms with Crippen molar-refractivity contribution in [1.29, 1.82) is 0 Å². The molecule has 20 heavy (non-hydrogen) atoms. The van der Waals surface area contributed by atoms with Crippen molar-refractivity contribution in [3.63, 3.8) is 0 Å². The Bertz CT molecular complexity index is 474. The number of benzene rings is 1. The van der Waals surface area contributed by atoms with Crippen LogP contribution in [-0.4, -0.2) is 28.4 Å². The molecule has 1 heterocycles. The number of carbonyl (C=O) groups excluding carboxylic acids is 1. The predicted octanol–water partition coefficient (Wildman–Crippen LogP) is 2.96. The Morgan fingerprint density at radius 3 is 2.65 bits per heavy atom. The van der Waals surface area contributed by atoms with Crippen LogP contribution >= 0.6 is 11.8 Å². The van der Waals surface area contributed by atoms with E-state index in [-0.39, 0.29) is 24.4 Å². The summed E-state index contributed by atoms with van der Waals surface area (Å²) in [6, 6.07) is 9.55. The largest absolute Gasteiger partial charge is 0.481 e. The monoisotopic (exact) mass is 294 g/mol. The first-order chi connectivity index (χ1) is 9.61. The highest BCUT2D eigenvalue weighted by Gasteiger charge is 2.45. The Kier molecular flexibility index (Phi) is 5.06. The van der Waals surface area contributed by atoms with Crippen LogP contribution in [0.25, 0.3) is 0 Å². The average molecular weight is 294 g/mol. The van der Waals surface area contributed by atoms with Gasteiger partial charge in [-0.3, -0.25) is 9.59 Å². The average Bonchev–Trinajstić information content (AvgIpc) is 2.68. The van der Waals surface area contributed by atoms with E-state index in [9.17, 15) is 9.59 Å². The Labute approximate surface area is 122 Å². The van der Waals surface area contributed by atoms with Crippen molar-refractivity contribution < 1.29 is 19.4 Å². The van der Waals surface area contributed by atoms with Crippen LogP contribution in [0.4, 0.5) is 0 Å². The van der Waals surface area contributed by atoms with Gasteiger partial charge in [-0.25, -0.2) is 0 Å². The molecular weight excluding hydrogens is 276 g/mol.